The lowest BCUT2D eigenvalue weighted by molar-refractivity contribution is -0.140. The summed E-state index contributed by atoms with van der Waals surface area (Å²) in [6, 6.07) is 11.3. The largest absolute Gasteiger partial charge is 0.507 e. The number of nitrogens with zero attached hydrogens (tertiary/aromatic N) is 2. The number of para-hydroxylation sites is 1. The van der Waals surface area contributed by atoms with Crippen molar-refractivity contribution in [2.24, 2.45) is 5.92 Å². The molecule has 2 aromatic rings. The standard InChI is InChI=1S/C28H36N2O6/c1-18(2)17-36-20-13-11-19(12-14-20)25(31)23-24(21-9-7-10-22(34-5)27(21)35-6)30(28(33)26(23)32)16-8-15-29(3)4/h7,9-14,18,24,31H,8,15-17H2,1-6H3/b25-23-. The Labute approximate surface area is 213 Å². The summed E-state index contributed by atoms with van der Waals surface area (Å²) in [5.41, 5.74) is 1.01. The Morgan fingerprint density at radius 2 is 1.75 bits per heavy atom. The number of carbonyl (C=O) groups is 2. The van der Waals surface area contributed by atoms with Crippen LogP contribution in [-0.4, -0.2) is 74.6 Å². The summed E-state index contributed by atoms with van der Waals surface area (Å²) in [7, 11) is 6.94. The molecule has 0 radical (unpaired) electrons. The third kappa shape index (κ3) is 5.82. The van der Waals surface area contributed by atoms with E-state index in [0.717, 1.165) is 6.54 Å². The molecule has 8 heteroatoms. The molecule has 0 aromatic heterocycles. The molecular weight excluding hydrogens is 460 g/mol. The average molecular weight is 497 g/mol. The molecule has 1 heterocycles. The molecule has 1 aliphatic rings. The van der Waals surface area contributed by atoms with Gasteiger partial charge in [0.2, 0.25) is 0 Å². The van der Waals surface area contributed by atoms with Crippen molar-refractivity contribution < 1.29 is 28.9 Å². The van der Waals surface area contributed by atoms with Gasteiger partial charge in [-0.1, -0.05) is 26.0 Å². The van der Waals surface area contributed by atoms with Crippen LogP contribution in [0.1, 0.15) is 37.4 Å². The summed E-state index contributed by atoms with van der Waals surface area (Å²) in [6.45, 7) is 5.77. The molecule has 1 amide bonds. The zero-order chi connectivity index (χ0) is 26.4. The monoisotopic (exact) mass is 496 g/mol. The molecule has 2 aromatic carbocycles. The molecule has 8 nitrogen and oxygen atoms in total. The molecule has 1 saturated heterocycles. The van der Waals surface area contributed by atoms with Gasteiger partial charge in [-0.3, -0.25) is 9.59 Å². The van der Waals surface area contributed by atoms with Crippen molar-refractivity contribution in [2.45, 2.75) is 26.3 Å². The number of rotatable bonds is 11. The third-order valence-corrected chi connectivity index (χ3v) is 5.98. The van der Waals surface area contributed by atoms with Gasteiger partial charge in [-0.05, 0) is 63.3 Å². The molecule has 1 unspecified atom stereocenters. The lowest BCUT2D eigenvalue weighted by Crippen LogP contribution is -2.32. The van der Waals surface area contributed by atoms with E-state index in [2.05, 4.69) is 13.8 Å². The van der Waals surface area contributed by atoms with E-state index in [4.69, 9.17) is 14.2 Å². The minimum atomic E-state index is -0.825. The zero-order valence-electron chi connectivity index (χ0n) is 21.9. The van der Waals surface area contributed by atoms with E-state index < -0.39 is 17.7 Å². The van der Waals surface area contributed by atoms with Gasteiger partial charge in [0.1, 0.15) is 11.5 Å². The molecule has 0 spiro atoms. The van der Waals surface area contributed by atoms with Gasteiger partial charge in [0.25, 0.3) is 11.7 Å². The van der Waals surface area contributed by atoms with Crippen molar-refractivity contribution in [3.63, 3.8) is 0 Å². The molecule has 1 atom stereocenters. The van der Waals surface area contributed by atoms with E-state index >= 15 is 0 Å². The maximum Gasteiger partial charge on any atom is 0.295 e. The van der Waals surface area contributed by atoms with Gasteiger partial charge in [-0.25, -0.2) is 0 Å². The number of aliphatic hydroxyl groups excluding tert-OH is 1. The maximum absolute atomic E-state index is 13.3. The Morgan fingerprint density at radius 1 is 1.06 bits per heavy atom. The van der Waals surface area contributed by atoms with Gasteiger partial charge in [0.05, 0.1) is 32.4 Å². The smallest absolute Gasteiger partial charge is 0.295 e. The average Bonchev–Trinajstić information content (AvgIpc) is 3.11. The second-order valence-corrected chi connectivity index (χ2v) is 9.46. The summed E-state index contributed by atoms with van der Waals surface area (Å²) in [5.74, 6) is 0.298. The van der Waals surface area contributed by atoms with Crippen molar-refractivity contribution in [3.8, 4) is 17.2 Å². The number of hydrogen-bond acceptors (Lipinski definition) is 7. The van der Waals surface area contributed by atoms with Crippen LogP contribution in [0.5, 0.6) is 17.2 Å². The molecular formula is C28H36N2O6. The fourth-order valence-electron chi connectivity index (χ4n) is 4.25. The van der Waals surface area contributed by atoms with Gasteiger partial charge >= 0.3 is 0 Å². The summed E-state index contributed by atoms with van der Waals surface area (Å²) in [5, 5.41) is 11.3. The lowest BCUT2D eigenvalue weighted by atomic mass is 9.94. The van der Waals surface area contributed by atoms with E-state index in [9.17, 15) is 14.7 Å². The van der Waals surface area contributed by atoms with Gasteiger partial charge in [0, 0.05) is 17.7 Å². The van der Waals surface area contributed by atoms with Gasteiger partial charge < -0.3 is 29.1 Å². The first-order chi connectivity index (χ1) is 17.2. The molecule has 0 bridgehead atoms. The minimum Gasteiger partial charge on any atom is -0.507 e. The maximum atomic E-state index is 13.3. The van der Waals surface area contributed by atoms with E-state index in [1.165, 1.54) is 19.1 Å². The normalized spacial score (nSPS) is 17.2. The first-order valence-corrected chi connectivity index (χ1v) is 12.1. The summed E-state index contributed by atoms with van der Waals surface area (Å²) >= 11 is 0. The van der Waals surface area contributed by atoms with Crippen LogP contribution < -0.4 is 14.2 Å². The number of likely N-dealkylation sites (tertiary alicyclic amines) is 1. The number of aliphatic hydroxyl groups is 1. The van der Waals surface area contributed by atoms with Gasteiger partial charge in [-0.2, -0.15) is 0 Å². The predicted octanol–water partition coefficient (Wildman–Crippen LogP) is 4.11. The van der Waals surface area contributed by atoms with Crippen molar-refractivity contribution in [1.82, 2.24) is 9.80 Å². The molecule has 36 heavy (non-hydrogen) atoms. The minimum absolute atomic E-state index is 0.0206. The number of benzene rings is 2. The van der Waals surface area contributed by atoms with Gasteiger partial charge in [0.15, 0.2) is 11.5 Å². The Hall–Kier alpha value is -3.52. The van der Waals surface area contributed by atoms with Crippen molar-refractivity contribution in [2.75, 3.05) is 48.0 Å². The predicted molar refractivity (Wildman–Crippen MR) is 139 cm³/mol. The quantitative estimate of drug-likeness (QED) is 0.285. The highest BCUT2D eigenvalue weighted by Crippen LogP contribution is 2.45. The molecule has 194 valence electrons. The fourth-order valence-corrected chi connectivity index (χ4v) is 4.25. The number of carbonyl (C=O) groups excluding carboxylic acids is 2. The first-order valence-electron chi connectivity index (χ1n) is 12.1. The number of ketones is 1. The van der Waals surface area contributed by atoms with Crippen molar-refractivity contribution in [3.05, 3.63) is 59.2 Å². The third-order valence-electron chi connectivity index (χ3n) is 5.98. The van der Waals surface area contributed by atoms with Gasteiger partial charge in [-0.15, -0.1) is 0 Å². The Balaban J connectivity index is 2.10. The van der Waals surface area contributed by atoms with Crippen LogP contribution in [0.4, 0.5) is 0 Å². The summed E-state index contributed by atoms with van der Waals surface area (Å²) in [4.78, 5) is 30.0. The van der Waals surface area contributed by atoms with Crippen LogP contribution in [0, 0.1) is 5.92 Å². The highest BCUT2D eigenvalue weighted by atomic mass is 16.5. The summed E-state index contributed by atoms with van der Waals surface area (Å²) in [6.07, 6.45) is 0.657. The number of ether oxygens (including phenoxy) is 3. The fraction of sp³-hybridized carbons (Fsp3) is 0.429. The molecule has 3 rings (SSSR count). The molecule has 1 aliphatic heterocycles. The molecule has 0 aliphatic carbocycles. The zero-order valence-corrected chi connectivity index (χ0v) is 21.9. The number of hydrogen-bond donors (Lipinski definition) is 1. The Bertz CT molecular complexity index is 1110. The Kier molecular flexibility index (Phi) is 8.98. The number of amides is 1. The number of methoxy groups -OCH3 is 2. The van der Waals surface area contributed by atoms with Crippen LogP contribution in [0.3, 0.4) is 0 Å². The second-order valence-electron chi connectivity index (χ2n) is 9.46. The van der Waals surface area contributed by atoms with E-state index in [0.29, 0.717) is 53.9 Å². The second kappa shape index (κ2) is 11.9. The van der Waals surface area contributed by atoms with E-state index in [1.807, 2.05) is 19.0 Å². The van der Waals surface area contributed by atoms with Crippen LogP contribution in [-0.2, 0) is 9.59 Å². The topological polar surface area (TPSA) is 88.5 Å². The lowest BCUT2D eigenvalue weighted by Gasteiger charge is -2.27. The van der Waals surface area contributed by atoms with Crippen LogP contribution in [0.15, 0.2) is 48.0 Å². The van der Waals surface area contributed by atoms with Crippen LogP contribution >= 0.6 is 0 Å². The van der Waals surface area contributed by atoms with E-state index in [-0.39, 0.29) is 11.3 Å². The molecule has 1 N–H and O–H groups in total. The first kappa shape index (κ1) is 27.1. The molecule has 0 saturated carbocycles. The van der Waals surface area contributed by atoms with E-state index in [1.54, 1.807) is 42.5 Å². The highest BCUT2D eigenvalue weighted by molar-refractivity contribution is 6.46. The van der Waals surface area contributed by atoms with Crippen molar-refractivity contribution in [1.29, 1.82) is 0 Å². The number of Topliss-reactive ketones (excluding diaryl/α,β-unsaturated/α-hetero) is 1. The van der Waals surface area contributed by atoms with Crippen LogP contribution in [0.25, 0.3) is 5.76 Å². The summed E-state index contributed by atoms with van der Waals surface area (Å²) < 4.78 is 16.8. The SMILES string of the molecule is COc1cccc(C2/C(=C(/O)c3ccc(OCC(C)C)cc3)C(=O)C(=O)N2CCCN(C)C)c1OC. The molecule has 1 fully saturated rings. The highest BCUT2D eigenvalue weighted by Gasteiger charge is 2.47. The van der Waals surface area contributed by atoms with Crippen LogP contribution in [0.2, 0.25) is 0 Å². The Morgan fingerprint density at radius 3 is 2.33 bits per heavy atom. The van der Waals surface area contributed by atoms with Crippen molar-refractivity contribution >= 4 is 17.4 Å².